The molecule has 1 saturated carbocycles. The van der Waals surface area contributed by atoms with E-state index in [0.29, 0.717) is 12.6 Å². The second kappa shape index (κ2) is 5.85. The predicted molar refractivity (Wildman–Crippen MR) is 75.6 cm³/mol. The molecule has 1 aromatic carbocycles. The molecule has 100 valence electrons. The molecule has 0 amide bonds. The minimum absolute atomic E-state index is 0.302. The predicted octanol–water partition coefficient (Wildman–Crippen LogP) is 3.34. The monoisotopic (exact) mass is 247 g/mol. The summed E-state index contributed by atoms with van der Waals surface area (Å²) in [5, 5.41) is 13.9. The van der Waals surface area contributed by atoms with Crippen LogP contribution in [0.1, 0.15) is 56.2 Å². The zero-order chi connectivity index (χ0) is 13.0. The standard InChI is InChI=1S/C16H25NO/c1-13-7-6-8-15(11-13)14(2)17-12-16(18)9-4-3-5-10-16/h6-8,11,14,17-18H,3-5,9-10,12H2,1-2H3/t14-/m1/s1. The number of aliphatic hydroxyl groups is 1. The van der Waals surface area contributed by atoms with Gasteiger partial charge in [0.05, 0.1) is 5.60 Å². The van der Waals surface area contributed by atoms with Gasteiger partial charge in [-0.2, -0.15) is 0 Å². The Morgan fingerprint density at radius 3 is 2.67 bits per heavy atom. The first kappa shape index (κ1) is 13.6. The lowest BCUT2D eigenvalue weighted by Gasteiger charge is -2.33. The molecule has 1 fully saturated rings. The Morgan fingerprint density at radius 2 is 2.00 bits per heavy atom. The molecule has 1 atom stereocenters. The third kappa shape index (κ3) is 3.56. The molecule has 2 nitrogen and oxygen atoms in total. The molecule has 0 radical (unpaired) electrons. The molecular weight excluding hydrogens is 222 g/mol. The fourth-order valence-corrected chi connectivity index (χ4v) is 2.79. The van der Waals surface area contributed by atoms with Crippen LogP contribution in [0.4, 0.5) is 0 Å². The van der Waals surface area contributed by atoms with E-state index in [4.69, 9.17) is 0 Å². The van der Waals surface area contributed by atoms with Gasteiger partial charge in [0.15, 0.2) is 0 Å². The Morgan fingerprint density at radius 1 is 1.28 bits per heavy atom. The van der Waals surface area contributed by atoms with Crippen molar-refractivity contribution >= 4 is 0 Å². The van der Waals surface area contributed by atoms with Gasteiger partial charge in [-0.25, -0.2) is 0 Å². The summed E-state index contributed by atoms with van der Waals surface area (Å²) in [4.78, 5) is 0. The van der Waals surface area contributed by atoms with E-state index in [-0.39, 0.29) is 0 Å². The minimum Gasteiger partial charge on any atom is -0.389 e. The lowest BCUT2D eigenvalue weighted by molar-refractivity contribution is 0.00300. The van der Waals surface area contributed by atoms with Crippen molar-refractivity contribution in [1.29, 1.82) is 0 Å². The third-order valence-electron chi connectivity index (χ3n) is 4.06. The summed E-state index contributed by atoms with van der Waals surface area (Å²) in [6.07, 6.45) is 5.49. The Bertz CT molecular complexity index is 382. The van der Waals surface area contributed by atoms with Crippen LogP contribution in [0.25, 0.3) is 0 Å². The molecule has 1 aromatic rings. The van der Waals surface area contributed by atoms with Crippen LogP contribution in [-0.4, -0.2) is 17.3 Å². The van der Waals surface area contributed by atoms with Gasteiger partial charge in [0, 0.05) is 12.6 Å². The Hall–Kier alpha value is -0.860. The molecule has 0 heterocycles. The fraction of sp³-hybridized carbons (Fsp3) is 0.625. The molecule has 1 aliphatic carbocycles. The van der Waals surface area contributed by atoms with Crippen LogP contribution in [0.5, 0.6) is 0 Å². The van der Waals surface area contributed by atoms with Gasteiger partial charge >= 0.3 is 0 Å². The Kier molecular flexibility index (Phi) is 4.41. The molecule has 0 spiro atoms. The van der Waals surface area contributed by atoms with Gasteiger partial charge in [-0.3, -0.25) is 0 Å². The van der Waals surface area contributed by atoms with Crippen molar-refractivity contribution in [1.82, 2.24) is 5.32 Å². The lowest BCUT2D eigenvalue weighted by atomic mass is 9.84. The van der Waals surface area contributed by atoms with Crippen LogP contribution in [0.2, 0.25) is 0 Å². The van der Waals surface area contributed by atoms with Crippen molar-refractivity contribution in [2.45, 2.75) is 57.6 Å². The second-order valence-electron chi connectivity index (χ2n) is 5.80. The zero-order valence-corrected chi connectivity index (χ0v) is 11.6. The summed E-state index contributed by atoms with van der Waals surface area (Å²) in [6.45, 7) is 4.99. The summed E-state index contributed by atoms with van der Waals surface area (Å²) < 4.78 is 0. The van der Waals surface area contributed by atoms with E-state index in [1.807, 2.05) is 0 Å². The zero-order valence-electron chi connectivity index (χ0n) is 11.6. The normalized spacial score (nSPS) is 20.6. The second-order valence-corrected chi connectivity index (χ2v) is 5.80. The molecule has 0 bridgehead atoms. The number of benzene rings is 1. The van der Waals surface area contributed by atoms with Gasteiger partial charge in [0.25, 0.3) is 0 Å². The van der Waals surface area contributed by atoms with Crippen molar-refractivity contribution in [3.8, 4) is 0 Å². The highest BCUT2D eigenvalue weighted by atomic mass is 16.3. The van der Waals surface area contributed by atoms with E-state index in [1.54, 1.807) is 0 Å². The lowest BCUT2D eigenvalue weighted by Crippen LogP contribution is -2.42. The molecule has 0 saturated heterocycles. The van der Waals surface area contributed by atoms with Gasteiger partial charge in [0.2, 0.25) is 0 Å². The topological polar surface area (TPSA) is 32.3 Å². The minimum atomic E-state index is -0.476. The average Bonchev–Trinajstić information content (AvgIpc) is 2.37. The van der Waals surface area contributed by atoms with Gasteiger partial charge in [-0.05, 0) is 32.3 Å². The summed E-state index contributed by atoms with van der Waals surface area (Å²) >= 11 is 0. The first-order valence-electron chi connectivity index (χ1n) is 7.11. The summed E-state index contributed by atoms with van der Waals surface area (Å²) in [6, 6.07) is 8.87. The van der Waals surface area contributed by atoms with Crippen molar-refractivity contribution < 1.29 is 5.11 Å². The van der Waals surface area contributed by atoms with Gasteiger partial charge in [0.1, 0.15) is 0 Å². The van der Waals surface area contributed by atoms with Crippen molar-refractivity contribution in [3.05, 3.63) is 35.4 Å². The Labute approximate surface area is 110 Å². The molecule has 2 rings (SSSR count). The molecule has 0 unspecified atom stereocenters. The van der Waals surface area contributed by atoms with Gasteiger partial charge in [-0.1, -0.05) is 49.1 Å². The number of rotatable bonds is 4. The van der Waals surface area contributed by atoms with Gasteiger partial charge in [-0.15, -0.1) is 0 Å². The molecular formula is C16H25NO. The molecule has 0 aliphatic heterocycles. The number of aryl methyl sites for hydroxylation is 1. The maximum Gasteiger partial charge on any atom is 0.0771 e. The first-order valence-corrected chi connectivity index (χ1v) is 7.11. The number of hydrogen-bond acceptors (Lipinski definition) is 2. The smallest absolute Gasteiger partial charge is 0.0771 e. The fourth-order valence-electron chi connectivity index (χ4n) is 2.79. The van der Waals surface area contributed by atoms with E-state index < -0.39 is 5.60 Å². The van der Waals surface area contributed by atoms with Crippen LogP contribution in [0.3, 0.4) is 0 Å². The SMILES string of the molecule is Cc1cccc([C@@H](C)NCC2(O)CCCCC2)c1. The molecule has 2 heteroatoms. The maximum atomic E-state index is 10.5. The Balaban J connectivity index is 1.89. The largest absolute Gasteiger partial charge is 0.389 e. The highest BCUT2D eigenvalue weighted by Crippen LogP contribution is 2.28. The van der Waals surface area contributed by atoms with Crippen LogP contribution >= 0.6 is 0 Å². The molecule has 18 heavy (non-hydrogen) atoms. The number of nitrogens with one attached hydrogen (secondary N) is 1. The van der Waals surface area contributed by atoms with Crippen LogP contribution < -0.4 is 5.32 Å². The molecule has 2 N–H and O–H groups in total. The quantitative estimate of drug-likeness (QED) is 0.855. The van der Waals surface area contributed by atoms with E-state index in [1.165, 1.54) is 17.5 Å². The first-order chi connectivity index (χ1) is 8.59. The summed E-state index contributed by atoms with van der Waals surface area (Å²) in [7, 11) is 0. The van der Waals surface area contributed by atoms with E-state index >= 15 is 0 Å². The van der Waals surface area contributed by atoms with Gasteiger partial charge < -0.3 is 10.4 Å². The van der Waals surface area contributed by atoms with Crippen molar-refractivity contribution in [2.24, 2.45) is 0 Å². The molecule has 0 aromatic heterocycles. The summed E-state index contributed by atoms with van der Waals surface area (Å²) in [5.41, 5.74) is 2.11. The highest BCUT2D eigenvalue weighted by molar-refractivity contribution is 5.24. The third-order valence-corrected chi connectivity index (χ3v) is 4.06. The maximum absolute atomic E-state index is 10.5. The van der Waals surface area contributed by atoms with E-state index in [9.17, 15) is 5.11 Å². The van der Waals surface area contributed by atoms with Crippen LogP contribution in [-0.2, 0) is 0 Å². The van der Waals surface area contributed by atoms with E-state index in [0.717, 1.165) is 25.7 Å². The van der Waals surface area contributed by atoms with E-state index in [2.05, 4.69) is 43.4 Å². The average molecular weight is 247 g/mol. The van der Waals surface area contributed by atoms with Crippen molar-refractivity contribution in [3.63, 3.8) is 0 Å². The molecule has 1 aliphatic rings. The highest BCUT2D eigenvalue weighted by Gasteiger charge is 2.29. The van der Waals surface area contributed by atoms with Crippen LogP contribution in [0, 0.1) is 6.92 Å². The summed E-state index contributed by atoms with van der Waals surface area (Å²) in [5.74, 6) is 0. The van der Waals surface area contributed by atoms with Crippen LogP contribution in [0.15, 0.2) is 24.3 Å². The number of hydrogen-bond donors (Lipinski definition) is 2. The van der Waals surface area contributed by atoms with Crippen molar-refractivity contribution in [2.75, 3.05) is 6.54 Å².